The van der Waals surface area contributed by atoms with E-state index in [1.165, 1.54) is 65.8 Å². The molecule has 1 aliphatic rings. The van der Waals surface area contributed by atoms with Crippen molar-refractivity contribution in [3.8, 4) is 11.1 Å². The van der Waals surface area contributed by atoms with Gasteiger partial charge in [0.05, 0.1) is 5.69 Å². The average molecular weight is 586 g/mol. The number of hydrogen-bond acceptors (Lipinski definition) is 4. The molecule has 0 spiro atoms. The fourth-order valence-electron chi connectivity index (χ4n) is 6.16. The predicted octanol–water partition coefficient (Wildman–Crippen LogP) is 8.43. The van der Waals surface area contributed by atoms with Gasteiger partial charge < -0.3 is 9.80 Å². The Hall–Kier alpha value is -4.19. The van der Waals surface area contributed by atoms with Crippen LogP contribution >= 0.6 is 11.3 Å². The van der Waals surface area contributed by atoms with E-state index in [0.717, 1.165) is 19.5 Å². The van der Waals surface area contributed by atoms with Gasteiger partial charge in [-0.3, -0.25) is 4.90 Å². The van der Waals surface area contributed by atoms with Gasteiger partial charge in [-0.1, -0.05) is 65.9 Å². The van der Waals surface area contributed by atoms with E-state index < -0.39 is 0 Å². The second-order valence-electron chi connectivity index (χ2n) is 11.8. The van der Waals surface area contributed by atoms with Gasteiger partial charge >= 0.3 is 0 Å². The maximum atomic E-state index is 2.41. The van der Waals surface area contributed by atoms with E-state index in [1.54, 1.807) is 0 Å². The van der Waals surface area contributed by atoms with Gasteiger partial charge in [-0.2, -0.15) is 4.57 Å². The summed E-state index contributed by atoms with van der Waals surface area (Å²) in [6.45, 7) is 6.44. The lowest BCUT2D eigenvalue weighted by Gasteiger charge is -2.38. The summed E-state index contributed by atoms with van der Waals surface area (Å²) in [5, 5.41) is 1.23. The lowest BCUT2D eigenvalue weighted by molar-refractivity contribution is -0.642. The van der Waals surface area contributed by atoms with Crippen LogP contribution in [0.25, 0.3) is 33.0 Å². The Labute approximate surface area is 260 Å². The summed E-state index contributed by atoms with van der Waals surface area (Å²) in [5.74, 6) is 1.19. The quantitative estimate of drug-likeness (QED) is 0.170. The summed E-state index contributed by atoms with van der Waals surface area (Å²) in [6, 6.07) is 33.0. The Morgan fingerprint density at radius 2 is 1.53 bits per heavy atom. The van der Waals surface area contributed by atoms with E-state index in [1.807, 2.05) is 11.3 Å². The minimum atomic E-state index is 0.973. The van der Waals surface area contributed by atoms with E-state index in [2.05, 4.69) is 164 Å². The van der Waals surface area contributed by atoms with E-state index in [4.69, 9.17) is 0 Å². The smallest absolute Gasteiger partial charge is 0.263 e. The zero-order chi connectivity index (χ0) is 30.1. The van der Waals surface area contributed by atoms with Gasteiger partial charge in [0.2, 0.25) is 5.52 Å². The summed E-state index contributed by atoms with van der Waals surface area (Å²) in [7, 11) is 8.69. The molecule has 2 heterocycles. The molecule has 1 aromatic heterocycles. The Morgan fingerprint density at radius 1 is 0.814 bits per heavy atom. The number of benzene rings is 4. The van der Waals surface area contributed by atoms with Crippen molar-refractivity contribution in [1.29, 1.82) is 0 Å². The second-order valence-corrected chi connectivity index (χ2v) is 12.9. The molecule has 0 aliphatic carbocycles. The van der Waals surface area contributed by atoms with Crippen molar-refractivity contribution in [3.05, 3.63) is 125 Å². The average Bonchev–Trinajstić information content (AvgIpc) is 3.31. The van der Waals surface area contributed by atoms with Crippen LogP contribution in [0.4, 0.5) is 11.4 Å². The fourth-order valence-corrected chi connectivity index (χ4v) is 7.30. The molecule has 5 heteroatoms. The predicted molar refractivity (Wildman–Crippen MR) is 185 cm³/mol. The Morgan fingerprint density at radius 3 is 2.28 bits per heavy atom. The molecular formula is C38H41N4S+. The number of hydrogen-bond donors (Lipinski definition) is 0. The number of thiazole rings is 1. The molecule has 0 saturated heterocycles. The third kappa shape index (κ3) is 5.75. The number of aryl methyl sites for hydroxylation is 3. The highest BCUT2D eigenvalue weighted by Crippen LogP contribution is 2.42. The molecule has 0 bridgehead atoms. The maximum absolute atomic E-state index is 2.41. The first-order valence-electron chi connectivity index (χ1n) is 15.0. The fraction of sp³-hybridized carbons (Fsp3) is 0.237. The van der Waals surface area contributed by atoms with Crippen LogP contribution in [0.5, 0.6) is 0 Å². The first kappa shape index (κ1) is 28.9. The van der Waals surface area contributed by atoms with E-state index in [0.29, 0.717) is 0 Å². The van der Waals surface area contributed by atoms with Gasteiger partial charge in [-0.05, 0) is 105 Å². The van der Waals surface area contributed by atoms with Crippen LogP contribution in [0.1, 0.15) is 28.1 Å². The minimum Gasteiger partial charge on any atom is -0.361 e. The number of aromatic nitrogens is 1. The molecule has 1 aliphatic heterocycles. The molecule has 0 fully saturated rings. The number of rotatable bonds is 8. The van der Waals surface area contributed by atoms with Gasteiger partial charge in [-0.25, -0.2) is 0 Å². The highest BCUT2D eigenvalue weighted by atomic mass is 32.1. The molecule has 218 valence electrons. The normalized spacial score (nSPS) is 14.0. The van der Waals surface area contributed by atoms with Crippen LogP contribution in [-0.2, 0) is 7.05 Å². The van der Waals surface area contributed by atoms with Gasteiger partial charge in [0.1, 0.15) is 17.6 Å². The van der Waals surface area contributed by atoms with Crippen LogP contribution in [0.15, 0.2) is 103 Å². The van der Waals surface area contributed by atoms with Crippen molar-refractivity contribution < 1.29 is 4.57 Å². The molecule has 5 aromatic rings. The molecular weight excluding hydrogens is 545 g/mol. The van der Waals surface area contributed by atoms with Crippen molar-refractivity contribution in [2.45, 2.75) is 20.3 Å². The Balaban J connectivity index is 1.46. The molecule has 0 unspecified atom stereocenters. The lowest BCUT2D eigenvalue weighted by atomic mass is 9.96. The largest absolute Gasteiger partial charge is 0.361 e. The number of para-hydroxylation sites is 2. The molecule has 0 atom stereocenters. The molecule has 0 N–H and O–H groups in total. The third-order valence-electron chi connectivity index (χ3n) is 8.39. The maximum Gasteiger partial charge on any atom is 0.263 e. The number of anilines is 2. The summed E-state index contributed by atoms with van der Waals surface area (Å²) in [5.41, 5.74) is 11.4. The lowest BCUT2D eigenvalue weighted by Crippen LogP contribution is -2.34. The van der Waals surface area contributed by atoms with E-state index in [-0.39, 0.29) is 0 Å². The van der Waals surface area contributed by atoms with Crippen molar-refractivity contribution in [2.24, 2.45) is 7.05 Å². The Kier molecular flexibility index (Phi) is 8.20. The Bertz CT molecular complexity index is 1810. The zero-order valence-electron chi connectivity index (χ0n) is 26.1. The van der Waals surface area contributed by atoms with Crippen molar-refractivity contribution in [1.82, 2.24) is 9.80 Å². The van der Waals surface area contributed by atoms with Crippen LogP contribution in [0.3, 0.4) is 0 Å². The van der Waals surface area contributed by atoms with Gasteiger partial charge in [-0.15, -0.1) is 0 Å². The van der Waals surface area contributed by atoms with E-state index in [9.17, 15) is 0 Å². The van der Waals surface area contributed by atoms with Crippen molar-refractivity contribution in [2.75, 3.05) is 39.1 Å². The van der Waals surface area contributed by atoms with Crippen molar-refractivity contribution in [3.63, 3.8) is 0 Å². The number of nitrogens with zero attached hydrogens (tertiary/aromatic N) is 4. The second kappa shape index (κ2) is 12.2. The van der Waals surface area contributed by atoms with Gasteiger partial charge in [0.15, 0.2) is 0 Å². The first-order valence-corrected chi connectivity index (χ1v) is 15.9. The zero-order valence-corrected chi connectivity index (χ0v) is 26.9. The molecule has 4 aromatic carbocycles. The highest BCUT2D eigenvalue weighted by molar-refractivity contribution is 7.19. The summed E-state index contributed by atoms with van der Waals surface area (Å²) in [4.78, 5) is 7.07. The van der Waals surface area contributed by atoms with Crippen LogP contribution in [0.2, 0.25) is 0 Å². The molecule has 0 radical (unpaired) electrons. The van der Waals surface area contributed by atoms with Gasteiger partial charge in [0.25, 0.3) is 5.01 Å². The molecule has 6 rings (SSSR count). The minimum absolute atomic E-state index is 0.973. The highest BCUT2D eigenvalue weighted by Gasteiger charge is 2.27. The third-order valence-corrected chi connectivity index (χ3v) is 9.54. The summed E-state index contributed by atoms with van der Waals surface area (Å²) in [6.07, 6.45) is 5.84. The molecule has 0 saturated carbocycles. The molecule has 0 amide bonds. The SMILES string of the molecule is Cc1cccc(C)c1-c1ccc2c(c1)sc(C=C1C=C(N(C)CCCN(C)C)N(c3ccccc3)c3ccccc31)[n+]2C. The standard InChI is InChI=1S/C38H41N4S/c1-27-14-12-15-28(2)38(27)29-20-21-34-35(24-29)43-37(41(34)6)26-30-25-36(40(5)23-13-22-39(3)4)42(31-16-8-7-9-17-31)33-19-11-10-18-32(30)33/h7-12,14-21,24-26H,13,22-23H2,1-6H3/q+1. The van der Waals surface area contributed by atoms with E-state index >= 15 is 0 Å². The number of fused-ring (bicyclic) bond motifs is 2. The van der Waals surface area contributed by atoms with Crippen LogP contribution < -0.4 is 9.47 Å². The van der Waals surface area contributed by atoms with Crippen LogP contribution in [-0.4, -0.2) is 44.0 Å². The van der Waals surface area contributed by atoms with Gasteiger partial charge in [0, 0.05) is 37.0 Å². The molecule has 43 heavy (non-hydrogen) atoms. The first-order chi connectivity index (χ1) is 20.8. The van der Waals surface area contributed by atoms with Crippen molar-refractivity contribution >= 4 is 44.6 Å². The summed E-state index contributed by atoms with van der Waals surface area (Å²) >= 11 is 1.86. The van der Waals surface area contributed by atoms with Crippen LogP contribution in [0, 0.1) is 13.8 Å². The number of allylic oxidation sites excluding steroid dienone is 2. The molecule has 4 nitrogen and oxygen atoms in total. The summed E-state index contributed by atoms with van der Waals surface area (Å²) < 4.78 is 3.64. The monoisotopic (exact) mass is 585 g/mol. The topological polar surface area (TPSA) is 13.6 Å².